The zero-order valence-electron chi connectivity index (χ0n) is 6.72. The van der Waals surface area contributed by atoms with E-state index in [2.05, 4.69) is 0 Å². The van der Waals surface area contributed by atoms with Crippen LogP contribution in [0.3, 0.4) is 0 Å². The van der Waals surface area contributed by atoms with Gasteiger partial charge in [-0.15, -0.1) is 0 Å². The van der Waals surface area contributed by atoms with Crippen LogP contribution in [0.4, 0.5) is 8.78 Å². The van der Waals surface area contributed by atoms with Crippen LogP contribution in [0.25, 0.3) is 0 Å². The number of hydrogen-bond donors (Lipinski definition) is 1. The van der Waals surface area contributed by atoms with Gasteiger partial charge >= 0.3 is 0 Å². The molecule has 0 amide bonds. The Labute approximate surface area is 64.8 Å². The molecular formula is C7H13F2NO. The van der Waals surface area contributed by atoms with Gasteiger partial charge in [-0.3, -0.25) is 4.90 Å². The molecule has 1 fully saturated rings. The monoisotopic (exact) mass is 165 g/mol. The number of alkyl halides is 2. The second kappa shape index (κ2) is 2.68. The van der Waals surface area contributed by atoms with Crippen LogP contribution < -0.4 is 0 Å². The maximum Gasteiger partial charge on any atom is 0.285 e. The third kappa shape index (κ3) is 1.68. The fourth-order valence-corrected chi connectivity index (χ4v) is 1.27. The summed E-state index contributed by atoms with van der Waals surface area (Å²) in [7, 11) is 1.64. The van der Waals surface area contributed by atoms with Crippen LogP contribution in [0.1, 0.15) is 13.3 Å². The van der Waals surface area contributed by atoms with Crippen LogP contribution in [0.5, 0.6) is 0 Å². The van der Waals surface area contributed by atoms with Gasteiger partial charge in [-0.25, -0.2) is 8.78 Å². The molecule has 11 heavy (non-hydrogen) atoms. The van der Waals surface area contributed by atoms with Crippen molar-refractivity contribution < 1.29 is 13.9 Å². The summed E-state index contributed by atoms with van der Waals surface area (Å²) in [6.07, 6.45) is -1.31. The molecule has 66 valence electrons. The van der Waals surface area contributed by atoms with Gasteiger partial charge < -0.3 is 5.11 Å². The minimum Gasteiger partial charge on any atom is -0.387 e. The van der Waals surface area contributed by atoms with Gasteiger partial charge in [-0.2, -0.15) is 0 Å². The maximum atomic E-state index is 12.7. The molecular weight excluding hydrogens is 152 g/mol. The Hall–Kier alpha value is -0.220. The van der Waals surface area contributed by atoms with E-state index in [9.17, 15) is 8.78 Å². The van der Waals surface area contributed by atoms with Crippen molar-refractivity contribution in [2.24, 2.45) is 0 Å². The van der Waals surface area contributed by atoms with Gasteiger partial charge in [0.05, 0.1) is 6.54 Å². The summed E-state index contributed by atoms with van der Waals surface area (Å²) in [5, 5.41) is 8.95. The molecule has 1 rings (SSSR count). The highest BCUT2D eigenvalue weighted by molar-refractivity contribution is 4.88. The number of nitrogens with zero attached hydrogens (tertiary/aromatic N) is 1. The van der Waals surface area contributed by atoms with E-state index in [1.165, 1.54) is 0 Å². The van der Waals surface area contributed by atoms with E-state index in [1.54, 1.807) is 11.9 Å². The van der Waals surface area contributed by atoms with E-state index in [-0.39, 0.29) is 19.0 Å². The molecule has 0 spiro atoms. The van der Waals surface area contributed by atoms with E-state index in [4.69, 9.17) is 5.11 Å². The zero-order chi connectivity index (χ0) is 8.65. The second-order valence-corrected chi connectivity index (χ2v) is 3.28. The van der Waals surface area contributed by atoms with E-state index in [0.29, 0.717) is 0 Å². The first-order chi connectivity index (χ1) is 4.93. The Bertz CT molecular complexity index is 151. The Morgan fingerprint density at radius 1 is 1.55 bits per heavy atom. The summed E-state index contributed by atoms with van der Waals surface area (Å²) in [6.45, 7) is 1.49. The van der Waals surface area contributed by atoms with Gasteiger partial charge in [0.25, 0.3) is 5.92 Å². The second-order valence-electron chi connectivity index (χ2n) is 3.28. The van der Waals surface area contributed by atoms with Crippen molar-refractivity contribution in [3.05, 3.63) is 0 Å². The van der Waals surface area contributed by atoms with Crippen LogP contribution in [0, 0.1) is 0 Å². The SMILES string of the molecule is C[C@H]1CC(O)C(F)(F)CN1C. The molecule has 4 heteroatoms. The van der Waals surface area contributed by atoms with Crippen molar-refractivity contribution in [1.82, 2.24) is 4.90 Å². The normalized spacial score (nSPS) is 39.0. The number of likely N-dealkylation sites (tertiary alicyclic amines) is 1. The minimum absolute atomic E-state index is 0.0459. The molecule has 0 aromatic carbocycles. The number of aliphatic hydroxyl groups excluding tert-OH is 1. The fraction of sp³-hybridized carbons (Fsp3) is 1.00. The van der Waals surface area contributed by atoms with Crippen molar-refractivity contribution >= 4 is 0 Å². The molecule has 0 bridgehead atoms. The summed E-state index contributed by atoms with van der Waals surface area (Å²) < 4.78 is 25.5. The van der Waals surface area contributed by atoms with Gasteiger partial charge in [0.1, 0.15) is 6.10 Å². The third-order valence-corrected chi connectivity index (χ3v) is 2.26. The predicted octanol–water partition coefficient (Wildman–Crippen LogP) is 0.707. The molecule has 0 aromatic heterocycles. The number of aliphatic hydroxyl groups is 1. The molecule has 0 radical (unpaired) electrons. The van der Waals surface area contributed by atoms with Gasteiger partial charge in [0.2, 0.25) is 0 Å². The van der Waals surface area contributed by atoms with Crippen molar-refractivity contribution in [2.45, 2.75) is 31.4 Å². The molecule has 2 nitrogen and oxygen atoms in total. The summed E-state index contributed by atoms with van der Waals surface area (Å²) in [5.41, 5.74) is 0. The first-order valence-electron chi connectivity index (χ1n) is 3.69. The highest BCUT2D eigenvalue weighted by Gasteiger charge is 2.44. The summed E-state index contributed by atoms with van der Waals surface area (Å²) in [4.78, 5) is 1.56. The van der Waals surface area contributed by atoms with Crippen molar-refractivity contribution in [3.8, 4) is 0 Å². The largest absolute Gasteiger partial charge is 0.387 e. The smallest absolute Gasteiger partial charge is 0.285 e. The Morgan fingerprint density at radius 2 is 2.09 bits per heavy atom. The Balaban J connectivity index is 2.63. The molecule has 1 heterocycles. The number of hydrogen-bond acceptors (Lipinski definition) is 2. The lowest BCUT2D eigenvalue weighted by Crippen LogP contribution is -2.53. The standard InChI is InChI=1S/C7H13F2NO/c1-5-3-6(11)7(8,9)4-10(5)2/h5-6,11H,3-4H2,1-2H3/t5-,6?/m0/s1. The van der Waals surface area contributed by atoms with Crippen LogP contribution >= 0.6 is 0 Å². The first-order valence-corrected chi connectivity index (χ1v) is 3.69. The molecule has 1 aliphatic heterocycles. The van der Waals surface area contributed by atoms with Crippen molar-refractivity contribution in [1.29, 1.82) is 0 Å². The molecule has 1 unspecified atom stereocenters. The lowest BCUT2D eigenvalue weighted by molar-refractivity contribution is -0.157. The average Bonchev–Trinajstić information content (AvgIpc) is 1.83. The van der Waals surface area contributed by atoms with E-state index in [0.717, 1.165) is 0 Å². The Kier molecular flexibility index (Phi) is 2.16. The van der Waals surface area contributed by atoms with Crippen LogP contribution in [-0.4, -0.2) is 41.7 Å². The lowest BCUT2D eigenvalue weighted by atomic mass is 9.98. The quantitative estimate of drug-likeness (QED) is 0.571. The minimum atomic E-state index is -2.93. The van der Waals surface area contributed by atoms with Crippen molar-refractivity contribution in [3.63, 3.8) is 0 Å². The number of piperidine rings is 1. The Morgan fingerprint density at radius 3 is 2.55 bits per heavy atom. The summed E-state index contributed by atoms with van der Waals surface area (Å²) in [6, 6.07) is 0.0459. The molecule has 1 saturated heterocycles. The molecule has 1 N–H and O–H groups in total. The number of halogens is 2. The zero-order valence-corrected chi connectivity index (χ0v) is 6.72. The molecule has 0 aromatic rings. The van der Waals surface area contributed by atoms with Crippen LogP contribution in [0.2, 0.25) is 0 Å². The van der Waals surface area contributed by atoms with E-state index < -0.39 is 12.0 Å². The van der Waals surface area contributed by atoms with E-state index >= 15 is 0 Å². The van der Waals surface area contributed by atoms with Gasteiger partial charge in [-0.05, 0) is 20.4 Å². The summed E-state index contributed by atoms with van der Waals surface area (Å²) >= 11 is 0. The van der Waals surface area contributed by atoms with Gasteiger partial charge in [0, 0.05) is 6.04 Å². The highest BCUT2D eigenvalue weighted by Crippen LogP contribution is 2.29. The lowest BCUT2D eigenvalue weighted by Gasteiger charge is -2.38. The molecule has 2 atom stereocenters. The molecule has 0 aliphatic carbocycles. The van der Waals surface area contributed by atoms with Crippen LogP contribution in [-0.2, 0) is 0 Å². The van der Waals surface area contributed by atoms with Crippen molar-refractivity contribution in [2.75, 3.05) is 13.6 Å². The fourth-order valence-electron chi connectivity index (χ4n) is 1.27. The highest BCUT2D eigenvalue weighted by atomic mass is 19.3. The number of rotatable bonds is 0. The average molecular weight is 165 g/mol. The first kappa shape index (κ1) is 8.87. The van der Waals surface area contributed by atoms with Crippen LogP contribution in [0.15, 0.2) is 0 Å². The topological polar surface area (TPSA) is 23.5 Å². The summed E-state index contributed by atoms with van der Waals surface area (Å²) in [5.74, 6) is -2.93. The molecule has 0 saturated carbocycles. The van der Waals surface area contributed by atoms with Gasteiger partial charge in [-0.1, -0.05) is 0 Å². The van der Waals surface area contributed by atoms with Gasteiger partial charge in [0.15, 0.2) is 0 Å². The van der Waals surface area contributed by atoms with E-state index in [1.807, 2.05) is 6.92 Å². The predicted molar refractivity (Wildman–Crippen MR) is 37.7 cm³/mol. The molecule has 1 aliphatic rings. The maximum absolute atomic E-state index is 12.7. The third-order valence-electron chi connectivity index (χ3n) is 2.26.